The van der Waals surface area contributed by atoms with Crippen molar-refractivity contribution in [3.63, 3.8) is 0 Å². The van der Waals surface area contributed by atoms with Crippen LogP contribution in [-0.2, 0) is 14.3 Å². The molecular formula is C27H19FN2O6S. The minimum Gasteiger partial charge on any atom is -0.494 e. The fourth-order valence-corrected chi connectivity index (χ4v) is 5.05. The Hall–Kier alpha value is -4.44. The Kier molecular flexibility index (Phi) is 6.49. The van der Waals surface area contributed by atoms with Crippen LogP contribution in [0.1, 0.15) is 39.3 Å². The highest BCUT2D eigenvalue weighted by Gasteiger charge is 2.46. The van der Waals surface area contributed by atoms with E-state index in [9.17, 15) is 23.6 Å². The predicted octanol–water partition coefficient (Wildman–Crippen LogP) is 4.75. The minimum atomic E-state index is -1.80. The third kappa shape index (κ3) is 4.58. The van der Waals surface area contributed by atoms with Crippen LogP contribution in [0.15, 0.2) is 66.7 Å². The van der Waals surface area contributed by atoms with Crippen LogP contribution in [0, 0.1) is 11.7 Å². The first kappa shape index (κ1) is 24.3. The van der Waals surface area contributed by atoms with Crippen LogP contribution in [0.4, 0.5) is 9.52 Å². The van der Waals surface area contributed by atoms with Gasteiger partial charge in [0.25, 0.3) is 5.91 Å². The first-order valence-corrected chi connectivity index (χ1v) is 12.2. The summed E-state index contributed by atoms with van der Waals surface area (Å²) in [5.74, 6) is -6.07. The van der Waals surface area contributed by atoms with Gasteiger partial charge in [-0.05, 0) is 43.3 Å². The summed E-state index contributed by atoms with van der Waals surface area (Å²) < 4.78 is 26.1. The number of halogens is 1. The van der Waals surface area contributed by atoms with E-state index < -0.39 is 46.8 Å². The number of amides is 1. The van der Waals surface area contributed by atoms with Crippen molar-refractivity contribution in [2.75, 3.05) is 11.9 Å². The quantitative estimate of drug-likeness (QED) is 0.155. The zero-order chi connectivity index (χ0) is 26.1. The van der Waals surface area contributed by atoms with E-state index in [4.69, 9.17) is 9.47 Å². The number of nitrogens with one attached hydrogen (secondary N) is 1. The van der Waals surface area contributed by atoms with E-state index >= 15 is 0 Å². The van der Waals surface area contributed by atoms with E-state index in [2.05, 4.69) is 10.3 Å². The van der Waals surface area contributed by atoms with Gasteiger partial charge in [-0.15, -0.1) is 0 Å². The maximum Gasteiger partial charge on any atom is 0.339 e. The van der Waals surface area contributed by atoms with Gasteiger partial charge in [0.2, 0.25) is 5.78 Å². The molecule has 5 rings (SSSR count). The number of rotatable bonds is 8. The van der Waals surface area contributed by atoms with Gasteiger partial charge in [-0.2, -0.15) is 0 Å². The number of ketones is 2. The van der Waals surface area contributed by atoms with Crippen LogP contribution in [0.25, 0.3) is 10.2 Å². The largest absolute Gasteiger partial charge is 0.494 e. The van der Waals surface area contributed by atoms with Crippen LogP contribution in [0.5, 0.6) is 5.75 Å². The highest BCUT2D eigenvalue weighted by molar-refractivity contribution is 7.22. The summed E-state index contributed by atoms with van der Waals surface area (Å²) in [6, 6.07) is 16.6. The number of ether oxygens (including phenoxy) is 2. The molecule has 0 radical (unpaired) electrons. The van der Waals surface area contributed by atoms with E-state index in [0.717, 1.165) is 17.4 Å². The van der Waals surface area contributed by atoms with Gasteiger partial charge in [0.1, 0.15) is 23.6 Å². The fraction of sp³-hybridized carbons (Fsp3) is 0.148. The smallest absolute Gasteiger partial charge is 0.339 e. The van der Waals surface area contributed by atoms with Gasteiger partial charge in [-0.1, -0.05) is 41.7 Å². The molecule has 37 heavy (non-hydrogen) atoms. The van der Waals surface area contributed by atoms with Gasteiger partial charge in [-0.25, -0.2) is 14.2 Å². The molecule has 1 aliphatic rings. The van der Waals surface area contributed by atoms with Crippen LogP contribution in [0.3, 0.4) is 0 Å². The lowest BCUT2D eigenvalue weighted by atomic mass is 9.84. The van der Waals surface area contributed by atoms with Crippen molar-refractivity contribution in [1.29, 1.82) is 0 Å². The Labute approximate surface area is 214 Å². The van der Waals surface area contributed by atoms with Crippen molar-refractivity contribution in [2.24, 2.45) is 5.92 Å². The van der Waals surface area contributed by atoms with Crippen molar-refractivity contribution in [1.82, 2.24) is 4.98 Å². The van der Waals surface area contributed by atoms with E-state index in [1.54, 1.807) is 30.3 Å². The zero-order valence-electron chi connectivity index (χ0n) is 19.4. The van der Waals surface area contributed by atoms with Crippen LogP contribution in [-0.4, -0.2) is 35.0 Å². The molecule has 2 atom stereocenters. The maximum absolute atomic E-state index is 14.5. The molecule has 0 aliphatic carbocycles. The van der Waals surface area contributed by atoms with Gasteiger partial charge in [0.05, 0.1) is 28.0 Å². The van der Waals surface area contributed by atoms with E-state index in [1.807, 2.05) is 6.92 Å². The molecule has 0 bridgehead atoms. The second-order valence-corrected chi connectivity index (χ2v) is 9.17. The van der Waals surface area contributed by atoms with Gasteiger partial charge >= 0.3 is 5.97 Å². The van der Waals surface area contributed by atoms with Gasteiger partial charge < -0.3 is 9.47 Å². The molecule has 0 fully saturated rings. The summed E-state index contributed by atoms with van der Waals surface area (Å²) in [6.45, 7) is 2.34. The Morgan fingerprint density at radius 2 is 1.86 bits per heavy atom. The number of cyclic esters (lactones) is 1. The number of carbonyl (C=O) groups is 4. The Morgan fingerprint density at radius 3 is 2.65 bits per heavy atom. The number of benzene rings is 3. The molecule has 2 heterocycles. The monoisotopic (exact) mass is 518 g/mol. The molecule has 1 aliphatic heterocycles. The van der Waals surface area contributed by atoms with Crippen molar-refractivity contribution in [3.8, 4) is 5.75 Å². The summed E-state index contributed by atoms with van der Waals surface area (Å²) in [5, 5.41) is 2.56. The molecule has 4 aromatic rings. The Morgan fingerprint density at radius 1 is 1.11 bits per heavy atom. The molecule has 186 valence electrons. The average molecular weight is 519 g/mol. The van der Waals surface area contributed by atoms with Gasteiger partial charge in [0.15, 0.2) is 10.9 Å². The van der Waals surface area contributed by atoms with Crippen LogP contribution in [0.2, 0.25) is 0 Å². The summed E-state index contributed by atoms with van der Waals surface area (Å²) in [5.41, 5.74) is 0.626. The lowest BCUT2D eigenvalue weighted by Crippen LogP contribution is -2.38. The number of thiazole rings is 1. The topological polar surface area (TPSA) is 112 Å². The SMILES string of the molecule is CCOc1ccc2nc(NC(=O)C(=O)[C@H](C(=O)c3ccccc3F)[C@H]3OC(=O)c4ccccc43)sc2c1. The molecule has 0 saturated carbocycles. The standard InChI is InChI=1S/C27H19FN2O6S/c1-2-35-14-11-12-19-20(13-14)37-27(29-19)30-25(33)23(32)21(22(31)17-9-5-6-10-18(17)28)24-15-7-3-4-8-16(15)26(34)36-24/h3-13,21,24H,2H2,1H3,(H,29,30,33)/t21-,24-/m0/s1. The maximum atomic E-state index is 14.5. The number of anilines is 1. The molecule has 10 heteroatoms. The molecule has 0 unspecified atom stereocenters. The zero-order valence-corrected chi connectivity index (χ0v) is 20.2. The lowest BCUT2D eigenvalue weighted by molar-refractivity contribution is -0.138. The number of hydrogen-bond donors (Lipinski definition) is 1. The van der Waals surface area contributed by atoms with E-state index in [1.165, 1.54) is 30.3 Å². The lowest BCUT2D eigenvalue weighted by Gasteiger charge is -2.21. The average Bonchev–Trinajstić information content (AvgIpc) is 3.44. The minimum absolute atomic E-state index is 0.128. The summed E-state index contributed by atoms with van der Waals surface area (Å²) in [7, 11) is 0. The number of nitrogens with zero attached hydrogens (tertiary/aromatic N) is 1. The van der Waals surface area contributed by atoms with E-state index in [-0.39, 0.29) is 16.3 Å². The fourth-order valence-electron chi connectivity index (χ4n) is 4.16. The highest BCUT2D eigenvalue weighted by Crippen LogP contribution is 2.38. The summed E-state index contributed by atoms with van der Waals surface area (Å²) >= 11 is 1.12. The third-order valence-corrected chi connectivity index (χ3v) is 6.78. The van der Waals surface area contributed by atoms with Crippen LogP contribution < -0.4 is 10.1 Å². The Balaban J connectivity index is 1.48. The number of Topliss-reactive ketones (excluding diaryl/α,β-unsaturated/α-hetero) is 2. The molecular weight excluding hydrogens is 499 g/mol. The number of aromatic nitrogens is 1. The normalized spacial score (nSPS) is 15.1. The second kappa shape index (κ2) is 9.90. The van der Waals surface area contributed by atoms with Crippen LogP contribution >= 0.6 is 11.3 Å². The third-order valence-electron chi connectivity index (χ3n) is 5.84. The molecule has 8 nitrogen and oxygen atoms in total. The molecule has 1 N–H and O–H groups in total. The number of carbonyl (C=O) groups excluding carboxylic acids is 4. The Bertz CT molecular complexity index is 1570. The highest BCUT2D eigenvalue weighted by atomic mass is 32.1. The number of esters is 1. The molecule has 1 amide bonds. The van der Waals surface area contributed by atoms with Crippen molar-refractivity contribution in [2.45, 2.75) is 13.0 Å². The molecule has 0 spiro atoms. The molecule has 1 aromatic heterocycles. The van der Waals surface area contributed by atoms with Crippen molar-refractivity contribution in [3.05, 3.63) is 89.2 Å². The second-order valence-electron chi connectivity index (χ2n) is 8.13. The predicted molar refractivity (Wildman–Crippen MR) is 133 cm³/mol. The molecule has 0 saturated heterocycles. The first-order valence-electron chi connectivity index (χ1n) is 11.3. The molecule has 3 aromatic carbocycles. The number of hydrogen-bond acceptors (Lipinski definition) is 8. The van der Waals surface area contributed by atoms with E-state index in [0.29, 0.717) is 22.6 Å². The number of fused-ring (bicyclic) bond motifs is 2. The van der Waals surface area contributed by atoms with Crippen molar-refractivity contribution >= 4 is 50.1 Å². The summed E-state index contributed by atoms with van der Waals surface area (Å²) in [4.78, 5) is 56.7. The van der Waals surface area contributed by atoms with Crippen molar-refractivity contribution < 1.29 is 33.0 Å². The first-order chi connectivity index (χ1) is 17.9. The van der Waals surface area contributed by atoms with Gasteiger partial charge in [0, 0.05) is 5.56 Å². The van der Waals surface area contributed by atoms with Gasteiger partial charge in [-0.3, -0.25) is 19.7 Å². The summed E-state index contributed by atoms with van der Waals surface area (Å²) in [6.07, 6.45) is -1.39.